The lowest BCUT2D eigenvalue weighted by Gasteiger charge is -2.35. The zero-order chi connectivity index (χ0) is 18.4. The Balaban J connectivity index is 1.59. The van der Waals surface area contributed by atoms with E-state index in [-0.39, 0.29) is 18.5 Å². The monoisotopic (exact) mass is 378 g/mol. The molecule has 1 saturated heterocycles. The molecule has 0 bridgehead atoms. The Morgan fingerprint density at radius 3 is 2.85 bits per heavy atom. The van der Waals surface area contributed by atoms with Crippen LogP contribution in [0.25, 0.3) is 0 Å². The van der Waals surface area contributed by atoms with Gasteiger partial charge in [-0.2, -0.15) is 8.78 Å². The van der Waals surface area contributed by atoms with Crippen molar-refractivity contribution in [2.45, 2.75) is 16.7 Å². The van der Waals surface area contributed by atoms with Crippen LogP contribution in [-0.4, -0.2) is 47.7 Å². The van der Waals surface area contributed by atoms with Crippen molar-refractivity contribution in [3.8, 4) is 0 Å². The van der Waals surface area contributed by atoms with Crippen LogP contribution < -0.4 is 10.6 Å². The van der Waals surface area contributed by atoms with Gasteiger partial charge in [-0.15, -0.1) is 0 Å². The number of piperazine rings is 1. The number of benzene rings is 1. The van der Waals surface area contributed by atoms with E-state index >= 15 is 0 Å². The first-order valence-corrected chi connectivity index (χ1v) is 9.19. The first-order chi connectivity index (χ1) is 12.6. The van der Waals surface area contributed by atoms with E-state index in [1.54, 1.807) is 30.5 Å². The van der Waals surface area contributed by atoms with E-state index in [4.69, 9.17) is 0 Å². The van der Waals surface area contributed by atoms with Crippen molar-refractivity contribution < 1.29 is 13.6 Å². The third kappa shape index (κ3) is 5.23. The van der Waals surface area contributed by atoms with Crippen molar-refractivity contribution in [3.05, 3.63) is 54.4 Å². The van der Waals surface area contributed by atoms with Crippen LogP contribution in [0.5, 0.6) is 0 Å². The smallest absolute Gasteiger partial charge is 0.288 e. The standard InChI is InChI=1S/C18H20F2N4OS/c19-18(20)26-15-5-3-14(4-6-15)23-17(25)12-24-9-8-22-11-16(24)13-2-1-7-21-10-13/h1-7,10,16,18,22H,8-9,11-12H2,(H,23,25). The molecule has 2 aromatic rings. The molecule has 1 aromatic heterocycles. The lowest BCUT2D eigenvalue weighted by Crippen LogP contribution is -2.48. The molecule has 0 spiro atoms. The highest BCUT2D eigenvalue weighted by Gasteiger charge is 2.25. The number of anilines is 1. The van der Waals surface area contributed by atoms with E-state index in [0.29, 0.717) is 22.3 Å². The van der Waals surface area contributed by atoms with Crippen LogP contribution >= 0.6 is 11.8 Å². The summed E-state index contributed by atoms with van der Waals surface area (Å²) in [5, 5.41) is 6.17. The molecule has 1 fully saturated rings. The minimum atomic E-state index is -2.45. The molecule has 1 amide bonds. The van der Waals surface area contributed by atoms with Crippen LogP contribution in [-0.2, 0) is 4.79 Å². The molecule has 1 aliphatic heterocycles. The molecular formula is C18H20F2N4OS. The number of amides is 1. The number of nitrogens with zero attached hydrogens (tertiary/aromatic N) is 2. The van der Waals surface area contributed by atoms with Gasteiger partial charge >= 0.3 is 0 Å². The maximum atomic E-state index is 12.4. The number of nitrogens with one attached hydrogen (secondary N) is 2. The Morgan fingerprint density at radius 2 is 2.15 bits per heavy atom. The zero-order valence-corrected chi connectivity index (χ0v) is 14.9. The number of hydrogen-bond donors (Lipinski definition) is 2. The number of thioether (sulfide) groups is 1. The Hall–Kier alpha value is -2.03. The maximum absolute atomic E-state index is 12.4. The van der Waals surface area contributed by atoms with Gasteiger partial charge < -0.3 is 10.6 Å². The quantitative estimate of drug-likeness (QED) is 0.757. The molecule has 26 heavy (non-hydrogen) atoms. The number of rotatable bonds is 6. The molecule has 138 valence electrons. The molecule has 1 atom stereocenters. The van der Waals surface area contributed by atoms with E-state index < -0.39 is 5.76 Å². The van der Waals surface area contributed by atoms with Crippen molar-refractivity contribution >= 4 is 23.4 Å². The highest BCUT2D eigenvalue weighted by molar-refractivity contribution is 7.99. The predicted octanol–water partition coefficient (Wildman–Crippen LogP) is 2.98. The number of hydrogen-bond acceptors (Lipinski definition) is 5. The summed E-state index contributed by atoms with van der Waals surface area (Å²) in [5.74, 6) is -2.58. The van der Waals surface area contributed by atoms with Gasteiger partial charge in [0.05, 0.1) is 6.54 Å². The number of carbonyl (C=O) groups is 1. The first-order valence-electron chi connectivity index (χ1n) is 8.31. The second-order valence-electron chi connectivity index (χ2n) is 5.93. The zero-order valence-electron chi connectivity index (χ0n) is 14.1. The Morgan fingerprint density at radius 1 is 1.35 bits per heavy atom. The topological polar surface area (TPSA) is 57.3 Å². The van der Waals surface area contributed by atoms with Crippen LogP contribution in [0.1, 0.15) is 11.6 Å². The normalized spacial score (nSPS) is 18.0. The summed E-state index contributed by atoms with van der Waals surface area (Å²) in [6.07, 6.45) is 3.55. The van der Waals surface area contributed by atoms with Crippen LogP contribution in [0.15, 0.2) is 53.7 Å². The molecule has 2 heterocycles. The van der Waals surface area contributed by atoms with E-state index in [1.807, 2.05) is 18.3 Å². The second-order valence-corrected chi connectivity index (χ2v) is 6.99. The minimum Gasteiger partial charge on any atom is -0.325 e. The third-order valence-corrected chi connectivity index (χ3v) is 4.86. The summed E-state index contributed by atoms with van der Waals surface area (Å²) in [4.78, 5) is 19.1. The summed E-state index contributed by atoms with van der Waals surface area (Å²) >= 11 is 0.485. The van der Waals surface area contributed by atoms with Crippen LogP contribution in [0, 0.1) is 0 Å². The van der Waals surface area contributed by atoms with Gasteiger partial charge in [0.25, 0.3) is 5.76 Å². The van der Waals surface area contributed by atoms with Crippen molar-refractivity contribution in [2.75, 3.05) is 31.5 Å². The molecule has 2 N–H and O–H groups in total. The lowest BCUT2D eigenvalue weighted by molar-refractivity contribution is -0.118. The highest BCUT2D eigenvalue weighted by atomic mass is 32.2. The van der Waals surface area contributed by atoms with Crippen LogP contribution in [0.3, 0.4) is 0 Å². The van der Waals surface area contributed by atoms with Gasteiger partial charge in [0.15, 0.2) is 0 Å². The average Bonchev–Trinajstić information content (AvgIpc) is 2.64. The molecule has 3 rings (SSSR count). The molecule has 0 aliphatic carbocycles. The van der Waals surface area contributed by atoms with E-state index in [9.17, 15) is 13.6 Å². The first kappa shape index (κ1) is 18.8. The van der Waals surface area contributed by atoms with Gasteiger partial charge in [0.2, 0.25) is 5.91 Å². The van der Waals surface area contributed by atoms with Crippen LogP contribution in [0.4, 0.5) is 14.5 Å². The summed E-state index contributed by atoms with van der Waals surface area (Å²) in [6.45, 7) is 2.60. The Kier molecular flexibility index (Phi) is 6.54. The molecular weight excluding hydrogens is 358 g/mol. The van der Waals surface area contributed by atoms with E-state index in [0.717, 1.165) is 25.2 Å². The number of aromatic nitrogens is 1. The second kappa shape index (κ2) is 9.07. The van der Waals surface area contributed by atoms with Gasteiger partial charge in [0.1, 0.15) is 0 Å². The summed E-state index contributed by atoms with van der Waals surface area (Å²) < 4.78 is 24.7. The van der Waals surface area contributed by atoms with Crippen molar-refractivity contribution in [1.82, 2.24) is 15.2 Å². The lowest BCUT2D eigenvalue weighted by atomic mass is 10.1. The van der Waals surface area contributed by atoms with Crippen molar-refractivity contribution in [2.24, 2.45) is 0 Å². The van der Waals surface area contributed by atoms with Crippen molar-refractivity contribution in [1.29, 1.82) is 0 Å². The van der Waals surface area contributed by atoms with E-state index in [1.165, 1.54) is 0 Å². The van der Waals surface area contributed by atoms with Gasteiger partial charge in [-0.3, -0.25) is 14.7 Å². The molecule has 0 radical (unpaired) electrons. The molecule has 1 aliphatic rings. The summed E-state index contributed by atoms with van der Waals surface area (Å²) in [7, 11) is 0. The summed E-state index contributed by atoms with van der Waals surface area (Å²) in [5.41, 5.74) is 1.67. The fraction of sp³-hybridized carbons (Fsp3) is 0.333. The SMILES string of the molecule is O=C(CN1CCNCC1c1cccnc1)Nc1ccc(SC(F)F)cc1. The molecule has 1 aromatic carbocycles. The molecule has 8 heteroatoms. The molecule has 5 nitrogen and oxygen atoms in total. The van der Waals surface area contributed by atoms with Crippen LogP contribution in [0.2, 0.25) is 0 Å². The number of halogens is 2. The van der Waals surface area contributed by atoms with Gasteiger partial charge in [-0.25, -0.2) is 0 Å². The Labute approximate surface area is 155 Å². The number of alkyl halides is 2. The molecule has 0 saturated carbocycles. The van der Waals surface area contributed by atoms with Gasteiger partial charge in [0, 0.05) is 48.7 Å². The average molecular weight is 378 g/mol. The number of pyridine rings is 1. The van der Waals surface area contributed by atoms with Crippen molar-refractivity contribution in [3.63, 3.8) is 0 Å². The highest BCUT2D eigenvalue weighted by Crippen LogP contribution is 2.26. The van der Waals surface area contributed by atoms with Gasteiger partial charge in [-0.1, -0.05) is 17.8 Å². The minimum absolute atomic E-state index is 0.0908. The summed E-state index contributed by atoms with van der Waals surface area (Å²) in [6, 6.07) is 10.4. The number of carbonyl (C=O) groups excluding carboxylic acids is 1. The maximum Gasteiger partial charge on any atom is 0.288 e. The molecule has 1 unspecified atom stereocenters. The fourth-order valence-corrected chi connectivity index (χ4v) is 3.44. The largest absolute Gasteiger partial charge is 0.325 e. The predicted molar refractivity (Wildman–Crippen MR) is 98.4 cm³/mol. The van der Waals surface area contributed by atoms with E-state index in [2.05, 4.69) is 20.5 Å². The third-order valence-electron chi connectivity index (χ3n) is 4.13. The fourth-order valence-electron chi connectivity index (χ4n) is 2.94. The van der Waals surface area contributed by atoms with Gasteiger partial charge in [-0.05, 0) is 35.9 Å². The Bertz CT molecular complexity index is 715.